The van der Waals surface area contributed by atoms with E-state index in [1.165, 1.54) is 11.5 Å². The van der Waals surface area contributed by atoms with E-state index in [9.17, 15) is 4.79 Å². The van der Waals surface area contributed by atoms with Crippen LogP contribution in [0.15, 0.2) is 30.7 Å². The van der Waals surface area contributed by atoms with Crippen LogP contribution in [-0.2, 0) is 11.3 Å². The molecule has 0 bridgehead atoms. The Morgan fingerprint density at radius 3 is 2.68 bits per heavy atom. The second kappa shape index (κ2) is 6.96. The first kappa shape index (κ1) is 16.3. The molecule has 2 fully saturated rings. The third kappa shape index (κ3) is 3.31. The normalized spacial score (nSPS) is 19.0. The number of aromatic nitrogens is 3. The van der Waals surface area contributed by atoms with Crippen LogP contribution in [0.3, 0.4) is 0 Å². The molecule has 4 heterocycles. The number of imidazole rings is 1. The number of ether oxygens (including phenoxy) is 1. The molecule has 2 aromatic rings. The second-order valence-corrected chi connectivity index (χ2v) is 7.07. The van der Waals surface area contributed by atoms with E-state index in [4.69, 9.17) is 4.74 Å². The summed E-state index contributed by atoms with van der Waals surface area (Å²) in [5.74, 6) is 2.29. The number of amides is 1. The summed E-state index contributed by atoms with van der Waals surface area (Å²) in [6.45, 7) is 6.34. The number of hydrogen-bond acceptors (Lipinski definition) is 4. The van der Waals surface area contributed by atoms with E-state index in [2.05, 4.69) is 21.5 Å². The highest BCUT2D eigenvalue weighted by Gasteiger charge is 2.32. The lowest BCUT2D eigenvalue weighted by Gasteiger charge is -2.40. The number of rotatable bonds is 4. The standard InChI is InChI=1S/C19H24N4O2/c1-14-10-21-18(16-4-8-25-9-5-16)23(14)13-15-11-22(12-15)19(24)17-2-6-20-7-3-17/h2-3,6-7,10,15-16H,4-5,8-9,11-13H2,1H3. The zero-order chi connectivity index (χ0) is 17.2. The Labute approximate surface area is 147 Å². The van der Waals surface area contributed by atoms with Gasteiger partial charge in [-0.15, -0.1) is 0 Å². The third-order valence-electron chi connectivity index (χ3n) is 5.28. The molecular weight excluding hydrogens is 316 g/mol. The molecule has 4 rings (SSSR count). The molecule has 0 spiro atoms. The van der Waals surface area contributed by atoms with Gasteiger partial charge in [0, 0.05) is 74.5 Å². The smallest absolute Gasteiger partial charge is 0.253 e. The molecule has 0 radical (unpaired) electrons. The Bertz CT molecular complexity index is 731. The lowest BCUT2D eigenvalue weighted by atomic mass is 9.96. The van der Waals surface area contributed by atoms with Gasteiger partial charge < -0.3 is 14.2 Å². The van der Waals surface area contributed by atoms with Crippen molar-refractivity contribution in [3.8, 4) is 0 Å². The number of aryl methyl sites for hydroxylation is 1. The van der Waals surface area contributed by atoms with Gasteiger partial charge in [0.05, 0.1) is 0 Å². The van der Waals surface area contributed by atoms with Crippen LogP contribution in [0.25, 0.3) is 0 Å². The predicted octanol–water partition coefficient (Wildman–Crippen LogP) is 2.25. The summed E-state index contributed by atoms with van der Waals surface area (Å²) in [7, 11) is 0. The van der Waals surface area contributed by atoms with Crippen molar-refractivity contribution >= 4 is 5.91 Å². The van der Waals surface area contributed by atoms with Crippen molar-refractivity contribution in [3.05, 3.63) is 47.8 Å². The molecule has 1 amide bonds. The van der Waals surface area contributed by atoms with Crippen molar-refractivity contribution in [2.75, 3.05) is 26.3 Å². The first-order valence-corrected chi connectivity index (χ1v) is 9.01. The van der Waals surface area contributed by atoms with Gasteiger partial charge in [-0.3, -0.25) is 9.78 Å². The number of likely N-dealkylation sites (tertiary alicyclic amines) is 1. The maximum absolute atomic E-state index is 12.4. The minimum Gasteiger partial charge on any atom is -0.381 e. The Morgan fingerprint density at radius 1 is 1.24 bits per heavy atom. The summed E-state index contributed by atoms with van der Waals surface area (Å²) in [6.07, 6.45) is 7.41. The SMILES string of the molecule is Cc1cnc(C2CCOCC2)n1CC1CN(C(=O)c2ccncc2)C1. The molecule has 6 heteroatoms. The maximum atomic E-state index is 12.4. The van der Waals surface area contributed by atoms with Crippen molar-refractivity contribution in [3.63, 3.8) is 0 Å². The number of pyridine rings is 1. The van der Waals surface area contributed by atoms with E-state index >= 15 is 0 Å². The molecule has 2 aliphatic heterocycles. The quantitative estimate of drug-likeness (QED) is 0.856. The van der Waals surface area contributed by atoms with Gasteiger partial charge in [-0.05, 0) is 31.9 Å². The Morgan fingerprint density at radius 2 is 1.96 bits per heavy atom. The van der Waals surface area contributed by atoms with E-state index in [0.717, 1.165) is 51.3 Å². The molecule has 0 N–H and O–H groups in total. The number of nitrogens with zero attached hydrogens (tertiary/aromatic N) is 4. The van der Waals surface area contributed by atoms with Gasteiger partial charge in [0.15, 0.2) is 0 Å². The molecule has 25 heavy (non-hydrogen) atoms. The summed E-state index contributed by atoms with van der Waals surface area (Å²) in [4.78, 5) is 23.0. The van der Waals surface area contributed by atoms with E-state index in [1.807, 2.05) is 11.1 Å². The van der Waals surface area contributed by atoms with E-state index in [1.54, 1.807) is 24.5 Å². The van der Waals surface area contributed by atoms with E-state index in [0.29, 0.717) is 11.8 Å². The second-order valence-electron chi connectivity index (χ2n) is 7.07. The van der Waals surface area contributed by atoms with Crippen molar-refractivity contribution in [1.29, 1.82) is 0 Å². The van der Waals surface area contributed by atoms with Crippen LogP contribution in [0, 0.1) is 12.8 Å². The third-order valence-corrected chi connectivity index (χ3v) is 5.28. The minimum atomic E-state index is 0.102. The fraction of sp³-hybridized carbons (Fsp3) is 0.526. The van der Waals surface area contributed by atoms with Crippen LogP contribution >= 0.6 is 0 Å². The van der Waals surface area contributed by atoms with Crippen LogP contribution in [0.4, 0.5) is 0 Å². The molecular formula is C19H24N4O2. The van der Waals surface area contributed by atoms with Gasteiger partial charge in [0.2, 0.25) is 0 Å². The van der Waals surface area contributed by atoms with Crippen molar-refractivity contribution in [2.24, 2.45) is 5.92 Å². The average Bonchev–Trinajstić information content (AvgIpc) is 2.99. The zero-order valence-corrected chi connectivity index (χ0v) is 14.6. The van der Waals surface area contributed by atoms with Crippen molar-refractivity contribution in [1.82, 2.24) is 19.4 Å². The molecule has 0 unspecified atom stereocenters. The van der Waals surface area contributed by atoms with Gasteiger partial charge in [0.25, 0.3) is 5.91 Å². The first-order valence-electron chi connectivity index (χ1n) is 9.01. The summed E-state index contributed by atoms with van der Waals surface area (Å²) in [6, 6.07) is 3.55. The van der Waals surface area contributed by atoms with Gasteiger partial charge >= 0.3 is 0 Å². The average molecular weight is 340 g/mol. The fourth-order valence-electron chi connectivity index (χ4n) is 3.79. The molecule has 0 atom stereocenters. The number of hydrogen-bond donors (Lipinski definition) is 0. The van der Waals surface area contributed by atoms with Crippen LogP contribution in [0.5, 0.6) is 0 Å². The lowest BCUT2D eigenvalue weighted by Crippen LogP contribution is -2.51. The maximum Gasteiger partial charge on any atom is 0.253 e. The van der Waals surface area contributed by atoms with Crippen LogP contribution in [0.2, 0.25) is 0 Å². The van der Waals surface area contributed by atoms with Gasteiger partial charge in [-0.25, -0.2) is 4.98 Å². The fourth-order valence-corrected chi connectivity index (χ4v) is 3.79. The van der Waals surface area contributed by atoms with Crippen LogP contribution in [-0.4, -0.2) is 51.6 Å². The largest absolute Gasteiger partial charge is 0.381 e. The first-order chi connectivity index (χ1) is 12.2. The number of carbonyl (C=O) groups is 1. The topological polar surface area (TPSA) is 60.2 Å². The summed E-state index contributed by atoms with van der Waals surface area (Å²) < 4.78 is 7.83. The molecule has 2 aromatic heterocycles. The van der Waals surface area contributed by atoms with Crippen LogP contribution < -0.4 is 0 Å². The molecule has 0 saturated carbocycles. The Balaban J connectivity index is 1.38. The van der Waals surface area contributed by atoms with Crippen LogP contribution in [0.1, 0.15) is 40.6 Å². The molecule has 2 aliphatic rings. The highest BCUT2D eigenvalue weighted by atomic mass is 16.5. The molecule has 0 aliphatic carbocycles. The molecule has 6 nitrogen and oxygen atoms in total. The van der Waals surface area contributed by atoms with Gasteiger partial charge in [-0.1, -0.05) is 0 Å². The number of carbonyl (C=O) groups excluding carboxylic acids is 1. The Hall–Kier alpha value is -2.21. The monoisotopic (exact) mass is 340 g/mol. The molecule has 0 aromatic carbocycles. The van der Waals surface area contributed by atoms with E-state index < -0.39 is 0 Å². The van der Waals surface area contributed by atoms with E-state index in [-0.39, 0.29) is 5.91 Å². The van der Waals surface area contributed by atoms with Gasteiger partial charge in [0.1, 0.15) is 5.82 Å². The highest BCUT2D eigenvalue weighted by Crippen LogP contribution is 2.29. The summed E-state index contributed by atoms with van der Waals surface area (Å²) >= 11 is 0. The summed E-state index contributed by atoms with van der Waals surface area (Å²) in [5, 5.41) is 0. The predicted molar refractivity (Wildman–Crippen MR) is 93.4 cm³/mol. The van der Waals surface area contributed by atoms with Gasteiger partial charge in [-0.2, -0.15) is 0 Å². The Kier molecular flexibility index (Phi) is 4.53. The molecule has 132 valence electrons. The molecule has 2 saturated heterocycles. The summed E-state index contributed by atoms with van der Waals surface area (Å²) in [5.41, 5.74) is 1.93. The zero-order valence-electron chi connectivity index (χ0n) is 14.6. The minimum absolute atomic E-state index is 0.102. The highest BCUT2D eigenvalue weighted by molar-refractivity contribution is 5.94. The van der Waals surface area contributed by atoms with Crippen molar-refractivity contribution < 1.29 is 9.53 Å². The lowest BCUT2D eigenvalue weighted by molar-refractivity contribution is 0.0460. The van der Waals surface area contributed by atoms with Crippen molar-refractivity contribution in [2.45, 2.75) is 32.2 Å².